The molecule has 2 rings (SSSR count). The molecule has 1 heterocycles. The summed E-state index contributed by atoms with van der Waals surface area (Å²) in [6.07, 6.45) is 0.875. The van der Waals surface area contributed by atoms with E-state index in [1.807, 2.05) is 6.07 Å². The highest BCUT2D eigenvalue weighted by Crippen LogP contribution is 2.20. The molecule has 0 spiro atoms. The van der Waals surface area contributed by atoms with E-state index in [9.17, 15) is 9.59 Å². The zero-order valence-corrected chi connectivity index (χ0v) is 11.2. The molecule has 0 aliphatic heterocycles. The Hall–Kier alpha value is -1.31. The number of nitrogens with one attached hydrogen (secondary N) is 1. The van der Waals surface area contributed by atoms with Crippen molar-refractivity contribution in [2.75, 3.05) is 7.11 Å². The van der Waals surface area contributed by atoms with E-state index in [4.69, 9.17) is 4.42 Å². The van der Waals surface area contributed by atoms with Gasteiger partial charge in [0, 0.05) is 9.99 Å². The Labute approximate surface area is 110 Å². The minimum atomic E-state index is -0.469. The largest absolute Gasteiger partial charge is 0.469 e. The molecule has 5 nitrogen and oxygen atoms in total. The predicted molar refractivity (Wildman–Crippen MR) is 69.9 cm³/mol. The lowest BCUT2D eigenvalue weighted by Crippen LogP contribution is -2.02. The van der Waals surface area contributed by atoms with E-state index in [0.717, 1.165) is 9.13 Å². The minimum absolute atomic E-state index is 0.254. The van der Waals surface area contributed by atoms with Gasteiger partial charge in [0.05, 0.1) is 7.11 Å². The van der Waals surface area contributed by atoms with Gasteiger partial charge in [-0.25, -0.2) is 4.79 Å². The van der Waals surface area contributed by atoms with Crippen molar-refractivity contribution in [3.05, 3.63) is 31.8 Å². The lowest BCUT2D eigenvalue weighted by atomic mass is 10.1. The molecular weight excluding hydrogens is 337 g/mol. The highest BCUT2D eigenvalue weighted by Gasteiger charge is 2.08. The number of hydrogen-bond donors (Lipinski definition) is 1. The average molecular weight is 347 g/mol. The molecule has 0 amide bonds. The first kappa shape index (κ1) is 12.2. The number of carbonyl (C=O) groups is 1. The molecule has 0 fully saturated rings. The van der Waals surface area contributed by atoms with Crippen molar-refractivity contribution >= 4 is 39.7 Å². The highest BCUT2D eigenvalue weighted by molar-refractivity contribution is 14.1. The van der Waals surface area contributed by atoms with Crippen molar-refractivity contribution in [2.45, 2.75) is 12.8 Å². The van der Waals surface area contributed by atoms with Crippen molar-refractivity contribution in [1.29, 1.82) is 0 Å². The number of carbonyl (C=O) groups excluding carboxylic acids is 1. The fourth-order valence-corrected chi connectivity index (χ4v) is 2.36. The smallest absolute Gasteiger partial charge is 0.417 e. The van der Waals surface area contributed by atoms with Crippen molar-refractivity contribution in [3.8, 4) is 0 Å². The maximum Gasteiger partial charge on any atom is 0.417 e. The van der Waals surface area contributed by atoms with E-state index < -0.39 is 5.76 Å². The van der Waals surface area contributed by atoms with Gasteiger partial charge in [-0.3, -0.25) is 9.78 Å². The second-order valence-electron chi connectivity index (χ2n) is 3.54. The number of hydrogen-bond acceptors (Lipinski definition) is 4. The van der Waals surface area contributed by atoms with Crippen LogP contribution in [-0.2, 0) is 16.0 Å². The molecule has 1 N–H and O–H groups in total. The Kier molecular flexibility index (Phi) is 3.51. The average Bonchev–Trinajstić information content (AvgIpc) is 2.67. The zero-order valence-electron chi connectivity index (χ0n) is 9.08. The monoisotopic (exact) mass is 347 g/mol. The van der Waals surface area contributed by atoms with Gasteiger partial charge in [0.2, 0.25) is 0 Å². The van der Waals surface area contributed by atoms with Crippen LogP contribution >= 0.6 is 22.6 Å². The lowest BCUT2D eigenvalue weighted by molar-refractivity contribution is -0.140. The third-order valence-corrected chi connectivity index (χ3v) is 3.24. The fraction of sp³-hybridized carbons (Fsp3) is 0.273. The van der Waals surface area contributed by atoms with Crippen LogP contribution in [0.5, 0.6) is 0 Å². The first-order chi connectivity index (χ1) is 8.10. The minimum Gasteiger partial charge on any atom is -0.469 e. The molecule has 6 heteroatoms. The molecule has 0 unspecified atom stereocenters. The number of fused-ring (bicyclic) bond motifs is 1. The van der Waals surface area contributed by atoms with Gasteiger partial charge in [-0.2, -0.15) is 0 Å². The zero-order chi connectivity index (χ0) is 12.4. The molecule has 0 aliphatic carbocycles. The van der Waals surface area contributed by atoms with Crippen LogP contribution in [-0.4, -0.2) is 18.1 Å². The first-order valence-electron chi connectivity index (χ1n) is 4.98. The molecule has 1 aromatic carbocycles. The molecule has 0 saturated heterocycles. The fourth-order valence-electron chi connectivity index (χ4n) is 1.56. The van der Waals surface area contributed by atoms with E-state index >= 15 is 0 Å². The van der Waals surface area contributed by atoms with E-state index in [-0.39, 0.29) is 5.97 Å². The van der Waals surface area contributed by atoms with Gasteiger partial charge in [-0.05, 0) is 46.7 Å². The van der Waals surface area contributed by atoms with Gasteiger partial charge >= 0.3 is 11.7 Å². The number of ether oxygens (including phenoxy) is 1. The van der Waals surface area contributed by atoms with Crippen LogP contribution in [0, 0.1) is 3.57 Å². The summed E-state index contributed by atoms with van der Waals surface area (Å²) in [5, 5.41) is 0. The second-order valence-corrected chi connectivity index (χ2v) is 4.70. The molecular formula is C11H10INO4. The van der Waals surface area contributed by atoms with Gasteiger partial charge in [0.15, 0.2) is 5.58 Å². The molecule has 17 heavy (non-hydrogen) atoms. The number of benzene rings is 1. The topological polar surface area (TPSA) is 72.3 Å². The van der Waals surface area contributed by atoms with Crippen LogP contribution in [0.1, 0.15) is 12.0 Å². The number of methoxy groups -OCH3 is 1. The van der Waals surface area contributed by atoms with E-state index in [0.29, 0.717) is 23.9 Å². The predicted octanol–water partition coefficient (Wildman–Crippen LogP) is 1.83. The number of H-pyrrole nitrogens is 1. The molecule has 1 aromatic heterocycles. The standard InChI is InChI=1S/C11H10INO4/c1-16-9(14)3-2-6-4-7(12)10-8(5-6)17-11(15)13-10/h4-5H,2-3H2,1H3,(H,13,15). The van der Waals surface area contributed by atoms with Gasteiger partial charge in [-0.15, -0.1) is 0 Å². The van der Waals surface area contributed by atoms with Crippen LogP contribution in [0.3, 0.4) is 0 Å². The normalized spacial score (nSPS) is 10.7. The third-order valence-electron chi connectivity index (χ3n) is 2.39. The number of rotatable bonds is 3. The Morgan fingerprint density at radius 1 is 1.53 bits per heavy atom. The summed E-state index contributed by atoms with van der Waals surface area (Å²) in [6.45, 7) is 0. The molecule has 0 saturated carbocycles. The summed E-state index contributed by atoms with van der Waals surface area (Å²) in [5.41, 5.74) is 2.15. The quantitative estimate of drug-likeness (QED) is 0.679. The molecule has 0 radical (unpaired) electrons. The summed E-state index contributed by atoms with van der Waals surface area (Å²) in [7, 11) is 1.36. The van der Waals surface area contributed by atoms with Crippen LogP contribution < -0.4 is 5.76 Å². The third kappa shape index (κ3) is 2.68. The molecule has 2 aromatic rings. The maximum absolute atomic E-state index is 11.1. The van der Waals surface area contributed by atoms with Crippen molar-refractivity contribution in [1.82, 2.24) is 4.98 Å². The molecule has 0 atom stereocenters. The van der Waals surface area contributed by atoms with Gasteiger partial charge in [0.25, 0.3) is 0 Å². The number of oxazole rings is 1. The Morgan fingerprint density at radius 3 is 3.00 bits per heavy atom. The highest BCUT2D eigenvalue weighted by atomic mass is 127. The van der Waals surface area contributed by atoms with Crippen molar-refractivity contribution < 1.29 is 13.9 Å². The lowest BCUT2D eigenvalue weighted by Gasteiger charge is -2.01. The molecule has 0 aliphatic rings. The summed E-state index contributed by atoms with van der Waals surface area (Å²) < 4.78 is 10.5. The van der Waals surface area contributed by atoms with Crippen LogP contribution in [0.25, 0.3) is 11.1 Å². The maximum atomic E-state index is 11.1. The van der Waals surface area contributed by atoms with Crippen LogP contribution in [0.4, 0.5) is 0 Å². The van der Waals surface area contributed by atoms with Gasteiger partial charge < -0.3 is 9.15 Å². The SMILES string of the molecule is COC(=O)CCc1cc(I)c2[nH]c(=O)oc2c1. The van der Waals surface area contributed by atoms with Crippen LogP contribution in [0.15, 0.2) is 21.3 Å². The number of halogens is 1. The van der Waals surface area contributed by atoms with Crippen LogP contribution in [0.2, 0.25) is 0 Å². The van der Waals surface area contributed by atoms with Gasteiger partial charge in [0.1, 0.15) is 5.52 Å². The summed E-state index contributed by atoms with van der Waals surface area (Å²) in [6, 6.07) is 3.68. The number of aryl methyl sites for hydroxylation is 1. The number of aromatic amines is 1. The van der Waals surface area contributed by atoms with E-state index in [1.54, 1.807) is 6.07 Å². The number of esters is 1. The van der Waals surface area contributed by atoms with E-state index in [2.05, 4.69) is 32.3 Å². The number of aromatic nitrogens is 1. The van der Waals surface area contributed by atoms with Crippen molar-refractivity contribution in [2.24, 2.45) is 0 Å². The molecule has 90 valence electrons. The summed E-state index contributed by atoms with van der Waals surface area (Å²) in [4.78, 5) is 24.7. The second kappa shape index (κ2) is 4.91. The first-order valence-corrected chi connectivity index (χ1v) is 6.06. The summed E-state index contributed by atoms with van der Waals surface area (Å²) >= 11 is 2.12. The van der Waals surface area contributed by atoms with Gasteiger partial charge in [-0.1, -0.05) is 0 Å². The molecule has 0 bridgehead atoms. The Bertz CT molecular complexity index is 613. The van der Waals surface area contributed by atoms with E-state index in [1.165, 1.54) is 7.11 Å². The summed E-state index contributed by atoms with van der Waals surface area (Å²) in [5.74, 6) is -0.723. The van der Waals surface area contributed by atoms with Crippen molar-refractivity contribution in [3.63, 3.8) is 0 Å². The Balaban J connectivity index is 2.30. The Morgan fingerprint density at radius 2 is 2.29 bits per heavy atom.